The Balaban J connectivity index is 1.41. The Bertz CT molecular complexity index is 2550. The summed E-state index contributed by atoms with van der Waals surface area (Å²) < 4.78 is 1.07. The summed E-state index contributed by atoms with van der Waals surface area (Å²) in [5, 5.41) is 2.97. The maximum atomic E-state index is 9.46. The van der Waals surface area contributed by atoms with Crippen molar-refractivity contribution in [3.8, 4) is 33.4 Å². The third kappa shape index (κ3) is 6.45. The van der Waals surface area contributed by atoms with Crippen molar-refractivity contribution in [2.24, 2.45) is 11.8 Å². The molecular formula is C56H59Cl2SiZr. The summed E-state index contributed by atoms with van der Waals surface area (Å²) in [6.07, 6.45) is 7.26. The van der Waals surface area contributed by atoms with Crippen molar-refractivity contribution in [3.05, 3.63) is 172 Å². The number of rotatable bonds is 11. The SMILES string of the molecule is CCC(C)c1ccc2c(c1-c1ccccc1)C=C(C(C)C)[CH]2[Zr]([Cl])([Cl])([c]1cccc2c1[SiH2]c1ccccc1-2)[CH]1C(C(C)C)=Cc2c1ccc(C(C)CC)c2-c1ccccc1. The summed E-state index contributed by atoms with van der Waals surface area (Å²) >= 11 is -5.71. The molecule has 60 heavy (non-hydrogen) atoms. The standard InChI is InChI=1S/2C22H25.C12H9Si.2ClH.Zr/c2*1-5-16(4)20-12-11-18-13-19(15(2)3)14-21(18)22(20)17-9-7-6-8-10-17;1-3-7-11-9(5-1)10-6-2-4-8-12(10)13-11;;;/h2*6-16H,5H2,1-4H3;1-7H,13H2;2*1H;/q;;;;;+2/p-2. The molecule has 0 N–H and O–H groups in total. The molecular weight excluding hydrogens is 863 g/mol. The molecule has 0 spiro atoms. The van der Waals surface area contributed by atoms with E-state index < -0.39 is 25.9 Å². The van der Waals surface area contributed by atoms with Gasteiger partial charge in [-0.05, 0) is 0 Å². The number of hydrogen-bond donors (Lipinski definition) is 0. The normalized spacial score (nSPS) is 18.7. The summed E-state index contributed by atoms with van der Waals surface area (Å²) in [4.78, 5) is 0. The van der Waals surface area contributed by atoms with E-state index in [1.54, 1.807) is 0 Å². The van der Waals surface area contributed by atoms with Crippen molar-refractivity contribution in [2.45, 2.75) is 87.3 Å². The molecule has 0 nitrogen and oxygen atoms in total. The van der Waals surface area contributed by atoms with Gasteiger partial charge in [0.1, 0.15) is 0 Å². The molecule has 1 heterocycles. The zero-order chi connectivity index (χ0) is 42.1. The molecule has 4 atom stereocenters. The van der Waals surface area contributed by atoms with Gasteiger partial charge in [-0.25, -0.2) is 0 Å². The molecule has 9 rings (SSSR count). The quantitative estimate of drug-likeness (QED) is 0.113. The molecule has 6 aromatic rings. The van der Waals surface area contributed by atoms with Crippen molar-refractivity contribution >= 4 is 52.3 Å². The van der Waals surface area contributed by atoms with Gasteiger partial charge < -0.3 is 0 Å². The van der Waals surface area contributed by atoms with Gasteiger partial charge in [0.05, 0.1) is 0 Å². The number of benzene rings is 6. The zero-order valence-electron chi connectivity index (χ0n) is 36.6. The molecule has 4 heteroatoms. The summed E-state index contributed by atoms with van der Waals surface area (Å²) in [5.74, 6) is 1.30. The van der Waals surface area contributed by atoms with Crippen LogP contribution in [0.5, 0.6) is 0 Å². The van der Waals surface area contributed by atoms with Crippen LogP contribution in [0.3, 0.4) is 0 Å². The predicted octanol–water partition coefficient (Wildman–Crippen LogP) is 14.4. The Labute approximate surface area is 370 Å². The second kappa shape index (κ2) is 16.0. The second-order valence-electron chi connectivity index (χ2n) is 18.7. The van der Waals surface area contributed by atoms with E-state index in [0.29, 0.717) is 11.8 Å². The predicted molar refractivity (Wildman–Crippen MR) is 263 cm³/mol. The summed E-state index contributed by atoms with van der Waals surface area (Å²) in [6, 6.07) is 48.1. The monoisotopic (exact) mass is 919 g/mol. The average Bonchev–Trinajstić information content (AvgIpc) is 3.99. The van der Waals surface area contributed by atoms with E-state index in [2.05, 4.69) is 195 Å². The fourth-order valence-electron chi connectivity index (χ4n) is 11.4. The Morgan fingerprint density at radius 3 is 1.43 bits per heavy atom. The summed E-state index contributed by atoms with van der Waals surface area (Å²) in [5.41, 5.74) is 18.9. The first-order chi connectivity index (χ1) is 28.9. The van der Waals surface area contributed by atoms with Crippen LogP contribution in [0, 0.1) is 11.8 Å². The van der Waals surface area contributed by atoms with Gasteiger partial charge in [-0.15, -0.1) is 0 Å². The molecule has 0 bridgehead atoms. The molecule has 0 aromatic heterocycles. The van der Waals surface area contributed by atoms with Gasteiger partial charge in [-0.2, -0.15) is 0 Å². The van der Waals surface area contributed by atoms with Gasteiger partial charge in [0.15, 0.2) is 0 Å². The first-order valence-electron chi connectivity index (χ1n) is 22.5. The van der Waals surface area contributed by atoms with Crippen molar-refractivity contribution < 1.29 is 16.4 Å². The first kappa shape index (κ1) is 41.8. The van der Waals surface area contributed by atoms with E-state index in [1.165, 1.54) is 91.6 Å². The molecule has 6 aromatic carbocycles. The van der Waals surface area contributed by atoms with Crippen LogP contribution in [0.4, 0.5) is 0 Å². The summed E-state index contributed by atoms with van der Waals surface area (Å²) in [7, 11) is 18.0. The third-order valence-electron chi connectivity index (χ3n) is 14.7. The van der Waals surface area contributed by atoms with Crippen molar-refractivity contribution in [3.63, 3.8) is 0 Å². The van der Waals surface area contributed by atoms with Crippen molar-refractivity contribution in [1.29, 1.82) is 0 Å². The Morgan fingerprint density at radius 1 is 0.517 bits per heavy atom. The van der Waals surface area contributed by atoms with Gasteiger partial charge in [0.25, 0.3) is 0 Å². The fraction of sp³-hybridized carbons (Fsp3) is 0.286. The van der Waals surface area contributed by atoms with Crippen LogP contribution >= 0.6 is 17.0 Å². The average molecular weight is 922 g/mol. The zero-order valence-corrected chi connectivity index (χ0v) is 42.0. The van der Waals surface area contributed by atoms with Gasteiger partial charge >= 0.3 is 373 Å². The molecule has 4 unspecified atom stereocenters. The number of fused-ring (bicyclic) bond motifs is 5. The van der Waals surface area contributed by atoms with Crippen LogP contribution in [-0.4, -0.2) is 9.52 Å². The number of halogens is 2. The van der Waals surface area contributed by atoms with Crippen LogP contribution in [0.15, 0.2) is 139 Å². The molecule has 305 valence electrons. The molecule has 0 saturated carbocycles. The van der Waals surface area contributed by atoms with E-state index in [9.17, 15) is 17.0 Å². The number of hydrogen-bond acceptors (Lipinski definition) is 0. The van der Waals surface area contributed by atoms with Crippen molar-refractivity contribution in [2.75, 3.05) is 0 Å². The van der Waals surface area contributed by atoms with E-state index in [1.807, 2.05) is 0 Å². The van der Waals surface area contributed by atoms with Crippen LogP contribution in [0.25, 0.3) is 45.5 Å². The minimum atomic E-state index is -5.71. The van der Waals surface area contributed by atoms with E-state index in [-0.39, 0.29) is 19.1 Å². The topological polar surface area (TPSA) is 0 Å². The van der Waals surface area contributed by atoms with Crippen molar-refractivity contribution in [1.82, 2.24) is 0 Å². The molecule has 0 radical (unpaired) electrons. The minimum absolute atomic E-state index is 0.116. The molecule has 0 saturated heterocycles. The van der Waals surface area contributed by atoms with Gasteiger partial charge in [0.2, 0.25) is 0 Å². The molecule has 2 aliphatic carbocycles. The summed E-state index contributed by atoms with van der Waals surface area (Å²) in [6.45, 7) is 18.9. The van der Waals surface area contributed by atoms with Gasteiger partial charge in [-0.3, -0.25) is 0 Å². The molecule has 0 amide bonds. The van der Waals surface area contributed by atoms with E-state index >= 15 is 0 Å². The van der Waals surface area contributed by atoms with Gasteiger partial charge in [-0.1, -0.05) is 0 Å². The Kier molecular flexibility index (Phi) is 11.1. The third-order valence-corrected chi connectivity index (χ3v) is 37.3. The maximum absolute atomic E-state index is 9.46. The van der Waals surface area contributed by atoms with E-state index in [0.717, 1.165) is 12.8 Å². The number of allylic oxidation sites excluding steroid dienone is 2. The van der Waals surface area contributed by atoms with Crippen LogP contribution in [0.2, 0.25) is 0 Å². The Hall–Kier alpha value is -3.52. The fourth-order valence-corrected chi connectivity index (χ4v) is 39.6. The van der Waals surface area contributed by atoms with Crippen LogP contribution in [0.1, 0.15) is 121 Å². The van der Waals surface area contributed by atoms with E-state index in [4.69, 9.17) is 0 Å². The second-order valence-corrected chi connectivity index (χ2v) is 41.1. The first-order valence-corrected chi connectivity index (χ1v) is 34.3. The molecule has 0 fully saturated rings. The molecule has 3 aliphatic rings. The van der Waals surface area contributed by atoms with Crippen LogP contribution in [-0.2, 0) is 16.4 Å². The Morgan fingerprint density at radius 2 is 0.967 bits per heavy atom. The van der Waals surface area contributed by atoms with Crippen LogP contribution < -0.4 is 13.6 Å². The molecule has 1 aliphatic heterocycles. The van der Waals surface area contributed by atoms with Gasteiger partial charge in [0, 0.05) is 0 Å².